The van der Waals surface area contributed by atoms with Crippen LogP contribution in [0.4, 0.5) is 10.5 Å². The second kappa shape index (κ2) is 6.16. The largest absolute Gasteiger partial charge is 0.324 e. The van der Waals surface area contributed by atoms with Gasteiger partial charge < -0.3 is 10.6 Å². The fraction of sp³-hybridized carbons (Fsp3) is 0.167. The van der Waals surface area contributed by atoms with E-state index in [-0.39, 0.29) is 11.8 Å². The van der Waals surface area contributed by atoms with E-state index in [0.29, 0.717) is 16.8 Å². The molecule has 0 spiro atoms. The number of urea groups is 1. The number of hydrogen-bond acceptors (Lipinski definition) is 3. The molecule has 24 heavy (non-hydrogen) atoms. The smallest absolute Gasteiger partial charge is 0.322 e. The summed E-state index contributed by atoms with van der Waals surface area (Å²) >= 11 is 0. The first-order chi connectivity index (χ1) is 11.5. The summed E-state index contributed by atoms with van der Waals surface area (Å²) in [5.41, 5.74) is 2.89. The van der Waals surface area contributed by atoms with Crippen molar-refractivity contribution in [3.8, 4) is 0 Å². The Balaban J connectivity index is 1.72. The lowest BCUT2D eigenvalue weighted by Gasteiger charge is -2.10. The van der Waals surface area contributed by atoms with E-state index in [0.717, 1.165) is 10.5 Å². The molecule has 6 nitrogen and oxygen atoms in total. The summed E-state index contributed by atoms with van der Waals surface area (Å²) < 4.78 is 0. The Hall–Kier alpha value is -3.15. The Morgan fingerprint density at radius 3 is 2.42 bits per heavy atom. The third-order valence-electron chi connectivity index (χ3n) is 3.93. The molecular weight excluding hydrogens is 306 g/mol. The SMILES string of the molecule is Cc1cccc(C(=O)Nc2ccc(C3NC(=O)N(C)C3=O)cc2)c1. The van der Waals surface area contributed by atoms with Gasteiger partial charge in [-0.15, -0.1) is 0 Å². The van der Waals surface area contributed by atoms with Crippen molar-refractivity contribution in [1.82, 2.24) is 10.2 Å². The van der Waals surface area contributed by atoms with E-state index in [1.165, 1.54) is 7.05 Å². The molecule has 0 aromatic heterocycles. The number of nitrogens with zero attached hydrogens (tertiary/aromatic N) is 1. The number of nitrogens with one attached hydrogen (secondary N) is 2. The summed E-state index contributed by atoms with van der Waals surface area (Å²) in [5, 5.41) is 5.42. The molecule has 1 heterocycles. The molecule has 0 bridgehead atoms. The quantitative estimate of drug-likeness (QED) is 0.852. The van der Waals surface area contributed by atoms with Crippen LogP contribution in [0.1, 0.15) is 27.5 Å². The highest BCUT2D eigenvalue weighted by Crippen LogP contribution is 2.22. The Morgan fingerprint density at radius 1 is 1.12 bits per heavy atom. The molecular formula is C18H17N3O3. The summed E-state index contributed by atoms with van der Waals surface area (Å²) in [5.74, 6) is -0.493. The molecule has 1 fully saturated rings. The Bertz CT molecular complexity index is 815. The Labute approximate surface area is 139 Å². The molecule has 1 unspecified atom stereocenters. The molecule has 6 heteroatoms. The molecule has 0 aliphatic carbocycles. The minimum absolute atomic E-state index is 0.198. The van der Waals surface area contributed by atoms with Crippen LogP contribution < -0.4 is 10.6 Å². The van der Waals surface area contributed by atoms with E-state index in [1.807, 2.05) is 25.1 Å². The van der Waals surface area contributed by atoms with Gasteiger partial charge in [-0.25, -0.2) is 4.79 Å². The van der Waals surface area contributed by atoms with Crippen LogP contribution in [-0.4, -0.2) is 29.8 Å². The summed E-state index contributed by atoms with van der Waals surface area (Å²) in [6, 6.07) is 13.1. The van der Waals surface area contributed by atoms with Crippen LogP contribution in [-0.2, 0) is 4.79 Å². The van der Waals surface area contributed by atoms with Crippen LogP contribution in [0.2, 0.25) is 0 Å². The van der Waals surface area contributed by atoms with E-state index >= 15 is 0 Å². The van der Waals surface area contributed by atoms with E-state index in [1.54, 1.807) is 30.3 Å². The number of rotatable bonds is 3. The molecule has 4 amide bonds. The van der Waals surface area contributed by atoms with Gasteiger partial charge in [0.25, 0.3) is 11.8 Å². The number of carbonyl (C=O) groups excluding carboxylic acids is 3. The molecule has 2 aromatic carbocycles. The molecule has 1 atom stereocenters. The monoisotopic (exact) mass is 323 g/mol. The van der Waals surface area contributed by atoms with Gasteiger partial charge in [0.1, 0.15) is 6.04 Å². The molecule has 1 saturated heterocycles. The zero-order chi connectivity index (χ0) is 17.3. The number of anilines is 1. The van der Waals surface area contributed by atoms with Crippen molar-refractivity contribution < 1.29 is 14.4 Å². The third-order valence-corrected chi connectivity index (χ3v) is 3.93. The predicted octanol–water partition coefficient (Wildman–Crippen LogP) is 2.47. The zero-order valence-corrected chi connectivity index (χ0v) is 13.4. The maximum absolute atomic E-state index is 12.2. The summed E-state index contributed by atoms with van der Waals surface area (Å²) in [4.78, 5) is 36.7. The average molecular weight is 323 g/mol. The lowest BCUT2D eigenvalue weighted by molar-refractivity contribution is -0.126. The van der Waals surface area contributed by atoms with Crippen molar-refractivity contribution in [1.29, 1.82) is 0 Å². The van der Waals surface area contributed by atoms with E-state index in [2.05, 4.69) is 10.6 Å². The Morgan fingerprint density at radius 2 is 1.83 bits per heavy atom. The van der Waals surface area contributed by atoms with Crippen molar-refractivity contribution in [2.45, 2.75) is 13.0 Å². The molecule has 1 aliphatic heterocycles. The predicted molar refractivity (Wildman–Crippen MR) is 89.6 cm³/mol. The second-order valence-electron chi connectivity index (χ2n) is 5.73. The van der Waals surface area contributed by atoms with Gasteiger partial charge in [-0.3, -0.25) is 14.5 Å². The first-order valence-corrected chi connectivity index (χ1v) is 7.52. The zero-order valence-electron chi connectivity index (χ0n) is 13.4. The van der Waals surface area contributed by atoms with Gasteiger partial charge in [0.15, 0.2) is 0 Å². The molecule has 0 saturated carbocycles. The van der Waals surface area contributed by atoms with Gasteiger partial charge in [0.2, 0.25) is 0 Å². The highest BCUT2D eigenvalue weighted by Gasteiger charge is 2.36. The molecule has 0 radical (unpaired) electrons. The number of benzene rings is 2. The summed E-state index contributed by atoms with van der Waals surface area (Å²) in [6.07, 6.45) is 0. The van der Waals surface area contributed by atoms with Crippen molar-refractivity contribution in [3.05, 3.63) is 65.2 Å². The van der Waals surface area contributed by atoms with Gasteiger partial charge in [0, 0.05) is 18.3 Å². The second-order valence-corrected chi connectivity index (χ2v) is 5.73. The number of carbonyl (C=O) groups is 3. The average Bonchev–Trinajstić information content (AvgIpc) is 2.83. The number of likely N-dealkylation sites (N-methyl/N-ethyl adjacent to an activating group) is 1. The number of hydrogen-bond donors (Lipinski definition) is 2. The van der Waals surface area contributed by atoms with E-state index in [9.17, 15) is 14.4 Å². The first kappa shape index (κ1) is 15.7. The number of aryl methyl sites for hydroxylation is 1. The van der Waals surface area contributed by atoms with Crippen molar-refractivity contribution in [2.75, 3.05) is 12.4 Å². The van der Waals surface area contributed by atoms with Gasteiger partial charge in [-0.05, 0) is 36.8 Å². The van der Waals surface area contributed by atoms with Crippen molar-refractivity contribution in [3.63, 3.8) is 0 Å². The normalized spacial score (nSPS) is 16.9. The number of amides is 4. The highest BCUT2D eigenvalue weighted by molar-refractivity contribution is 6.05. The molecule has 3 rings (SSSR count). The summed E-state index contributed by atoms with van der Waals surface area (Å²) in [7, 11) is 1.44. The maximum Gasteiger partial charge on any atom is 0.324 e. The fourth-order valence-corrected chi connectivity index (χ4v) is 2.55. The lowest BCUT2D eigenvalue weighted by atomic mass is 10.1. The van der Waals surface area contributed by atoms with Crippen molar-refractivity contribution in [2.24, 2.45) is 0 Å². The van der Waals surface area contributed by atoms with Crippen LogP contribution in [0.15, 0.2) is 48.5 Å². The minimum atomic E-state index is -0.677. The summed E-state index contributed by atoms with van der Waals surface area (Å²) in [6.45, 7) is 1.93. The molecule has 122 valence electrons. The van der Waals surface area contributed by atoms with Gasteiger partial charge in [0.05, 0.1) is 0 Å². The van der Waals surface area contributed by atoms with Gasteiger partial charge >= 0.3 is 6.03 Å². The lowest BCUT2D eigenvalue weighted by Crippen LogP contribution is -2.25. The van der Waals surface area contributed by atoms with Crippen LogP contribution >= 0.6 is 0 Å². The molecule has 2 N–H and O–H groups in total. The standard InChI is InChI=1S/C18H17N3O3/c1-11-4-3-5-13(10-11)16(22)19-14-8-6-12(7-9-14)15-17(23)21(2)18(24)20-15/h3-10,15H,1-2H3,(H,19,22)(H,20,24). The molecule has 1 aliphatic rings. The van der Waals surface area contributed by atoms with Crippen LogP contribution in [0.5, 0.6) is 0 Å². The molecule has 2 aromatic rings. The Kier molecular flexibility index (Phi) is 4.04. The van der Waals surface area contributed by atoms with Gasteiger partial charge in [-0.1, -0.05) is 29.8 Å². The van der Waals surface area contributed by atoms with Gasteiger partial charge in [-0.2, -0.15) is 0 Å². The van der Waals surface area contributed by atoms with E-state index in [4.69, 9.17) is 0 Å². The highest BCUT2D eigenvalue weighted by atomic mass is 16.2. The van der Waals surface area contributed by atoms with Crippen LogP contribution in [0.25, 0.3) is 0 Å². The van der Waals surface area contributed by atoms with Crippen LogP contribution in [0, 0.1) is 6.92 Å². The van der Waals surface area contributed by atoms with Crippen molar-refractivity contribution >= 4 is 23.5 Å². The van der Waals surface area contributed by atoms with E-state index < -0.39 is 12.1 Å². The third kappa shape index (κ3) is 2.99. The topological polar surface area (TPSA) is 78.5 Å². The fourth-order valence-electron chi connectivity index (χ4n) is 2.55. The number of imide groups is 1. The van der Waals surface area contributed by atoms with Crippen LogP contribution in [0.3, 0.4) is 0 Å². The maximum atomic E-state index is 12.2. The minimum Gasteiger partial charge on any atom is -0.322 e. The first-order valence-electron chi connectivity index (χ1n) is 7.52.